The van der Waals surface area contributed by atoms with E-state index >= 15 is 0 Å². The second kappa shape index (κ2) is 7.97. The molecule has 0 unspecified atom stereocenters. The highest BCUT2D eigenvalue weighted by atomic mass is 31.2. The van der Waals surface area contributed by atoms with Crippen molar-refractivity contribution < 1.29 is 18.0 Å². The topological polar surface area (TPSA) is 69.0 Å². The van der Waals surface area contributed by atoms with Gasteiger partial charge in [-0.15, -0.1) is 0 Å². The Morgan fingerprint density at radius 2 is 1.67 bits per heavy atom. The van der Waals surface area contributed by atoms with E-state index in [4.69, 9.17) is 13.5 Å². The van der Waals surface area contributed by atoms with Gasteiger partial charge in [-0.25, -0.2) is 4.79 Å². The van der Waals surface area contributed by atoms with Gasteiger partial charge in [-0.2, -0.15) is 0 Å². The molecule has 0 aliphatic heterocycles. The number of rotatable bonds is 8. The molecule has 2 rings (SSSR count). The van der Waals surface area contributed by atoms with Crippen LogP contribution in [0.3, 0.4) is 0 Å². The first-order valence-corrected chi connectivity index (χ1v) is 9.75. The molecule has 0 N–H and O–H groups in total. The molecule has 0 saturated carbocycles. The number of hydrogen-bond acceptors (Lipinski definition) is 6. The SMILES string of the molecule is CCOP(=O)(OCC)c1cc2ccc(N(CC)CC)cc2oc1=O. The largest absolute Gasteiger partial charge is 0.422 e. The summed E-state index contributed by atoms with van der Waals surface area (Å²) in [5, 5.41) is 0.620. The maximum atomic E-state index is 12.8. The fourth-order valence-electron chi connectivity index (χ4n) is 2.58. The van der Waals surface area contributed by atoms with E-state index in [0.29, 0.717) is 11.0 Å². The normalized spacial score (nSPS) is 11.8. The molecule has 2 aromatic rings. The summed E-state index contributed by atoms with van der Waals surface area (Å²) in [6, 6.07) is 7.15. The molecule has 0 spiro atoms. The van der Waals surface area contributed by atoms with Crippen LogP contribution < -0.4 is 15.8 Å². The predicted molar refractivity (Wildman–Crippen MR) is 96.5 cm³/mol. The molecule has 0 aliphatic rings. The summed E-state index contributed by atoms with van der Waals surface area (Å²) in [6.45, 7) is 9.59. The van der Waals surface area contributed by atoms with Gasteiger partial charge >= 0.3 is 13.2 Å². The molecule has 1 aromatic heterocycles. The molecule has 7 heteroatoms. The zero-order valence-electron chi connectivity index (χ0n) is 14.6. The molecule has 0 amide bonds. The van der Waals surface area contributed by atoms with Crippen molar-refractivity contribution in [1.29, 1.82) is 0 Å². The lowest BCUT2D eigenvalue weighted by Gasteiger charge is -2.21. The zero-order valence-corrected chi connectivity index (χ0v) is 15.5. The minimum Gasteiger partial charge on any atom is -0.422 e. The van der Waals surface area contributed by atoms with Crippen molar-refractivity contribution in [3.63, 3.8) is 0 Å². The standard InChI is InChI=1S/C17H24NO5P/c1-5-18(6-2)14-10-9-13-11-16(17(19)23-15(13)12-14)24(20,21-7-3)22-8-4/h9-12H,5-8H2,1-4H3. The Labute approximate surface area is 141 Å². The highest BCUT2D eigenvalue weighted by Gasteiger charge is 2.31. The van der Waals surface area contributed by atoms with Crippen LogP contribution in [-0.4, -0.2) is 26.3 Å². The van der Waals surface area contributed by atoms with E-state index in [1.807, 2.05) is 18.2 Å². The van der Waals surface area contributed by atoms with Crippen molar-refractivity contribution in [1.82, 2.24) is 0 Å². The fraction of sp³-hybridized carbons (Fsp3) is 0.471. The fourth-order valence-corrected chi connectivity index (χ4v) is 4.18. The summed E-state index contributed by atoms with van der Waals surface area (Å²) in [7, 11) is -3.67. The first-order chi connectivity index (χ1) is 11.5. The van der Waals surface area contributed by atoms with Crippen molar-refractivity contribution in [2.24, 2.45) is 0 Å². The maximum Gasteiger partial charge on any atom is 0.368 e. The van der Waals surface area contributed by atoms with Crippen molar-refractivity contribution in [2.75, 3.05) is 31.2 Å². The quantitative estimate of drug-likeness (QED) is 0.534. The van der Waals surface area contributed by atoms with Gasteiger partial charge in [0.2, 0.25) is 0 Å². The highest BCUT2D eigenvalue weighted by molar-refractivity contribution is 7.62. The third kappa shape index (κ3) is 3.72. The van der Waals surface area contributed by atoms with Gasteiger partial charge in [0.25, 0.3) is 0 Å². The molecule has 0 fully saturated rings. The molecular formula is C17H24NO5P. The molecule has 132 valence electrons. The van der Waals surface area contributed by atoms with Crippen LogP contribution in [0.15, 0.2) is 33.5 Å². The Morgan fingerprint density at radius 3 is 2.21 bits per heavy atom. The lowest BCUT2D eigenvalue weighted by atomic mass is 10.2. The van der Waals surface area contributed by atoms with Gasteiger partial charge in [0.05, 0.1) is 13.2 Å². The summed E-state index contributed by atoms with van der Waals surface area (Å²) < 4.78 is 28.7. The van der Waals surface area contributed by atoms with Crippen LogP contribution in [-0.2, 0) is 13.6 Å². The minimum absolute atomic E-state index is 0.0608. The van der Waals surface area contributed by atoms with Crippen LogP contribution in [0.1, 0.15) is 27.7 Å². The van der Waals surface area contributed by atoms with Gasteiger partial charge in [0.1, 0.15) is 5.58 Å². The average Bonchev–Trinajstić information content (AvgIpc) is 2.55. The van der Waals surface area contributed by atoms with E-state index in [-0.39, 0.29) is 18.5 Å². The summed E-state index contributed by atoms with van der Waals surface area (Å²) in [5.74, 6) is 0. The van der Waals surface area contributed by atoms with Gasteiger partial charge < -0.3 is 18.4 Å². The van der Waals surface area contributed by atoms with Gasteiger partial charge in [0, 0.05) is 30.2 Å². The van der Waals surface area contributed by atoms with Gasteiger partial charge in [0.15, 0.2) is 5.30 Å². The van der Waals surface area contributed by atoms with Crippen molar-refractivity contribution in [2.45, 2.75) is 27.7 Å². The molecular weight excluding hydrogens is 329 g/mol. The molecule has 0 saturated heterocycles. The molecule has 24 heavy (non-hydrogen) atoms. The molecule has 1 heterocycles. The zero-order chi connectivity index (χ0) is 17.7. The summed E-state index contributed by atoms with van der Waals surface area (Å²) in [6.07, 6.45) is 0. The second-order valence-corrected chi connectivity index (χ2v) is 7.14. The van der Waals surface area contributed by atoms with Gasteiger partial charge in [-0.05, 0) is 45.9 Å². The Bertz CT molecular complexity index is 787. The van der Waals surface area contributed by atoms with Crippen LogP contribution in [0.2, 0.25) is 0 Å². The van der Waals surface area contributed by atoms with Crippen LogP contribution in [0.5, 0.6) is 0 Å². The Hall–Kier alpha value is -1.62. The summed E-state index contributed by atoms with van der Waals surface area (Å²) >= 11 is 0. The average molecular weight is 353 g/mol. The predicted octanol–water partition coefficient (Wildman–Crippen LogP) is 3.53. The van der Waals surface area contributed by atoms with E-state index in [1.54, 1.807) is 19.9 Å². The highest BCUT2D eigenvalue weighted by Crippen LogP contribution is 2.46. The molecule has 6 nitrogen and oxygen atoms in total. The molecule has 0 radical (unpaired) electrons. The Morgan fingerprint density at radius 1 is 1.04 bits per heavy atom. The maximum absolute atomic E-state index is 12.8. The number of benzene rings is 1. The smallest absolute Gasteiger partial charge is 0.368 e. The second-order valence-electron chi connectivity index (χ2n) is 5.15. The molecule has 0 bridgehead atoms. The van der Waals surface area contributed by atoms with Crippen molar-refractivity contribution in [3.05, 3.63) is 34.7 Å². The first-order valence-electron chi connectivity index (χ1n) is 8.21. The number of fused-ring (bicyclic) bond motifs is 1. The summed E-state index contributed by atoms with van der Waals surface area (Å²) in [5.41, 5.74) is 0.735. The molecule has 0 atom stereocenters. The lowest BCUT2D eigenvalue weighted by molar-refractivity contribution is 0.229. The number of anilines is 1. The van der Waals surface area contributed by atoms with E-state index in [0.717, 1.165) is 18.8 Å². The summed E-state index contributed by atoms with van der Waals surface area (Å²) in [4.78, 5) is 14.5. The third-order valence-corrected chi connectivity index (χ3v) is 5.82. The number of nitrogens with zero attached hydrogens (tertiary/aromatic N) is 1. The van der Waals surface area contributed by atoms with Crippen LogP contribution in [0.25, 0.3) is 11.0 Å². The Balaban J connectivity index is 2.56. The van der Waals surface area contributed by atoms with Gasteiger partial charge in [-0.3, -0.25) is 4.57 Å². The third-order valence-electron chi connectivity index (χ3n) is 3.72. The monoisotopic (exact) mass is 353 g/mol. The molecule has 0 aliphatic carbocycles. The van der Waals surface area contributed by atoms with Gasteiger partial charge in [-0.1, -0.05) is 0 Å². The number of hydrogen-bond donors (Lipinski definition) is 0. The first kappa shape index (κ1) is 18.7. The van der Waals surface area contributed by atoms with Crippen LogP contribution in [0.4, 0.5) is 5.69 Å². The van der Waals surface area contributed by atoms with E-state index in [2.05, 4.69) is 18.7 Å². The van der Waals surface area contributed by atoms with E-state index in [9.17, 15) is 9.36 Å². The van der Waals surface area contributed by atoms with Crippen molar-refractivity contribution in [3.8, 4) is 0 Å². The van der Waals surface area contributed by atoms with E-state index in [1.165, 1.54) is 0 Å². The van der Waals surface area contributed by atoms with Crippen molar-refractivity contribution >= 4 is 29.6 Å². The van der Waals surface area contributed by atoms with Crippen LogP contribution >= 0.6 is 7.60 Å². The van der Waals surface area contributed by atoms with Crippen LogP contribution in [0, 0.1) is 0 Å². The molecule has 1 aromatic carbocycles. The lowest BCUT2D eigenvalue weighted by Crippen LogP contribution is -2.26. The minimum atomic E-state index is -3.67. The van der Waals surface area contributed by atoms with E-state index < -0.39 is 13.2 Å². The Kier molecular flexibility index (Phi) is 6.21.